The summed E-state index contributed by atoms with van der Waals surface area (Å²) in [5.74, 6) is -1.69. The number of pyridine rings is 1. The number of benzene rings is 2. The molecule has 1 amide bonds. The van der Waals surface area contributed by atoms with Crippen molar-refractivity contribution in [1.82, 2.24) is 10.3 Å². The molecule has 0 saturated carbocycles. The van der Waals surface area contributed by atoms with Crippen LogP contribution in [0.25, 0.3) is 0 Å². The summed E-state index contributed by atoms with van der Waals surface area (Å²) < 4.78 is 123. The Morgan fingerprint density at radius 2 is 1.45 bits per heavy atom. The van der Waals surface area contributed by atoms with Crippen molar-refractivity contribution in [2.75, 3.05) is 4.90 Å². The minimum absolute atomic E-state index is 0.0212. The van der Waals surface area contributed by atoms with Gasteiger partial charge in [-0.2, -0.15) is 13.2 Å². The highest BCUT2D eigenvalue weighted by Crippen LogP contribution is 2.41. The van der Waals surface area contributed by atoms with Gasteiger partial charge in [-0.05, 0) is 73.9 Å². The molecular formula is C27H22F9N3O3. The molecule has 1 N–H and O–H groups in total. The van der Waals surface area contributed by atoms with Gasteiger partial charge in [0.25, 0.3) is 0 Å². The first-order chi connectivity index (χ1) is 19.3. The number of aromatic nitrogens is 1. The van der Waals surface area contributed by atoms with Crippen molar-refractivity contribution in [3.63, 3.8) is 0 Å². The number of nitrogens with one attached hydrogen (secondary N) is 1. The second kappa shape index (κ2) is 11.0. The molecule has 15 heteroatoms. The maximum absolute atomic E-state index is 13.7. The number of amides is 1. The topological polar surface area (TPSA) is 63.7 Å². The lowest BCUT2D eigenvalue weighted by Crippen LogP contribution is -2.47. The minimum Gasteiger partial charge on any atom is -0.406 e. The van der Waals surface area contributed by atoms with E-state index < -0.39 is 59.6 Å². The first kappa shape index (κ1) is 30.9. The molecule has 226 valence electrons. The Bertz CT molecular complexity index is 1400. The molecule has 0 spiro atoms. The lowest BCUT2D eigenvalue weighted by molar-refractivity contribution is -0.275. The Morgan fingerprint density at radius 1 is 0.833 bits per heavy atom. The van der Waals surface area contributed by atoms with Crippen molar-refractivity contribution in [1.29, 1.82) is 0 Å². The van der Waals surface area contributed by atoms with Gasteiger partial charge in [-0.15, -0.1) is 26.3 Å². The van der Waals surface area contributed by atoms with Crippen LogP contribution >= 0.6 is 0 Å². The largest absolute Gasteiger partial charge is 0.573 e. The molecular weight excluding hydrogens is 585 g/mol. The van der Waals surface area contributed by atoms with E-state index in [2.05, 4.69) is 19.8 Å². The van der Waals surface area contributed by atoms with Crippen LogP contribution in [0.2, 0.25) is 0 Å². The zero-order valence-electron chi connectivity index (χ0n) is 21.7. The Balaban J connectivity index is 1.67. The van der Waals surface area contributed by atoms with E-state index in [9.17, 15) is 44.3 Å². The van der Waals surface area contributed by atoms with Gasteiger partial charge in [-0.3, -0.25) is 15.1 Å². The number of halogens is 9. The Hall–Kier alpha value is -4.01. The number of alkyl halides is 9. The molecule has 1 aliphatic heterocycles. The molecule has 4 rings (SSSR count). The van der Waals surface area contributed by atoms with Crippen LogP contribution in [0.15, 0.2) is 66.9 Å². The molecule has 6 nitrogen and oxygen atoms in total. The van der Waals surface area contributed by atoms with Crippen LogP contribution in [-0.4, -0.2) is 29.7 Å². The van der Waals surface area contributed by atoms with E-state index in [1.165, 1.54) is 35.2 Å². The molecule has 2 aromatic carbocycles. The second-order valence-electron chi connectivity index (χ2n) is 9.87. The molecule has 1 aliphatic rings. The van der Waals surface area contributed by atoms with Crippen molar-refractivity contribution in [3.8, 4) is 11.5 Å². The highest BCUT2D eigenvalue weighted by molar-refractivity contribution is 6.00. The fraction of sp³-hybridized carbons (Fsp3) is 0.333. The zero-order valence-corrected chi connectivity index (χ0v) is 21.7. The van der Waals surface area contributed by atoms with Gasteiger partial charge in [0, 0.05) is 17.4 Å². The fourth-order valence-electron chi connectivity index (χ4n) is 4.64. The van der Waals surface area contributed by atoms with E-state index in [1.807, 2.05) is 0 Å². The number of carbonyl (C=O) groups excluding carboxylic acids is 1. The first-order valence-corrected chi connectivity index (χ1v) is 12.2. The highest BCUT2D eigenvalue weighted by atomic mass is 19.4. The SMILES string of the molecule is CC(C)(N[C@@H]1C[C@H](c2cccc(OC(F)(F)F)c2)N(c2ccc(OC(F)(F)F)cc2)C1=O)c1ccc(C(F)(F)F)nc1. The standard InChI is InChI=1S/C27H22F9N3O3/c1-24(2,16-6-11-22(37-14-16)25(28,29)30)38-20-13-21(15-4-3-5-19(12-15)42-27(34,35)36)39(23(20)40)17-7-9-18(10-8-17)41-26(31,32)33/h3-12,14,20-21,38H,13H2,1-2H3/t20-,21-/m1/s1. The van der Waals surface area contributed by atoms with Gasteiger partial charge in [-0.1, -0.05) is 18.2 Å². The summed E-state index contributed by atoms with van der Waals surface area (Å²) in [5, 5.41) is 3.08. The van der Waals surface area contributed by atoms with Crippen LogP contribution in [0.1, 0.15) is 43.1 Å². The maximum Gasteiger partial charge on any atom is 0.573 e. The van der Waals surface area contributed by atoms with Crippen LogP contribution in [0, 0.1) is 0 Å². The van der Waals surface area contributed by atoms with Gasteiger partial charge >= 0.3 is 18.9 Å². The molecule has 1 fully saturated rings. The molecule has 0 bridgehead atoms. The summed E-state index contributed by atoms with van der Waals surface area (Å²) in [4.78, 5) is 18.3. The van der Waals surface area contributed by atoms with E-state index in [0.717, 1.165) is 36.5 Å². The lowest BCUT2D eigenvalue weighted by atomic mass is 9.93. The lowest BCUT2D eigenvalue weighted by Gasteiger charge is -2.30. The van der Waals surface area contributed by atoms with Crippen molar-refractivity contribution in [2.24, 2.45) is 0 Å². The number of anilines is 1. The minimum atomic E-state index is -4.98. The van der Waals surface area contributed by atoms with Crippen molar-refractivity contribution >= 4 is 11.6 Å². The Kier molecular flexibility index (Phi) is 8.10. The molecule has 42 heavy (non-hydrogen) atoms. The highest BCUT2D eigenvalue weighted by Gasteiger charge is 2.44. The van der Waals surface area contributed by atoms with E-state index in [1.54, 1.807) is 13.8 Å². The number of hydrogen-bond acceptors (Lipinski definition) is 5. The van der Waals surface area contributed by atoms with Gasteiger partial charge in [0.1, 0.15) is 17.2 Å². The van der Waals surface area contributed by atoms with Crippen LogP contribution in [0.4, 0.5) is 45.2 Å². The number of carbonyl (C=O) groups is 1. The van der Waals surface area contributed by atoms with E-state index in [4.69, 9.17) is 0 Å². The number of hydrogen-bond donors (Lipinski definition) is 1. The maximum atomic E-state index is 13.7. The molecule has 2 heterocycles. The van der Waals surface area contributed by atoms with Gasteiger partial charge in [0.05, 0.1) is 12.1 Å². The van der Waals surface area contributed by atoms with Gasteiger partial charge < -0.3 is 14.4 Å². The third-order valence-electron chi connectivity index (χ3n) is 6.44. The van der Waals surface area contributed by atoms with Gasteiger partial charge in [0.2, 0.25) is 5.91 Å². The molecule has 0 unspecified atom stereocenters. The second-order valence-corrected chi connectivity index (χ2v) is 9.87. The summed E-state index contributed by atoms with van der Waals surface area (Å²) in [6.45, 7) is 3.20. The summed E-state index contributed by atoms with van der Waals surface area (Å²) in [5.41, 5.74) is -1.54. The number of rotatable bonds is 7. The average Bonchev–Trinajstić information content (AvgIpc) is 3.17. The summed E-state index contributed by atoms with van der Waals surface area (Å²) in [6, 6.07) is 9.34. The third kappa shape index (κ3) is 7.43. The van der Waals surface area contributed by atoms with E-state index in [0.29, 0.717) is 5.56 Å². The summed E-state index contributed by atoms with van der Waals surface area (Å²) in [7, 11) is 0. The van der Waals surface area contributed by atoms with Crippen molar-refractivity contribution in [3.05, 3.63) is 83.7 Å². The van der Waals surface area contributed by atoms with Crippen LogP contribution in [0.5, 0.6) is 11.5 Å². The normalized spacial score (nSPS) is 18.4. The smallest absolute Gasteiger partial charge is 0.406 e. The van der Waals surface area contributed by atoms with E-state index >= 15 is 0 Å². The van der Waals surface area contributed by atoms with Crippen molar-refractivity contribution in [2.45, 2.75) is 56.8 Å². The van der Waals surface area contributed by atoms with Gasteiger partial charge in [-0.25, -0.2) is 0 Å². The van der Waals surface area contributed by atoms with Crippen LogP contribution in [-0.2, 0) is 16.5 Å². The van der Waals surface area contributed by atoms with Crippen molar-refractivity contribution < 1.29 is 53.8 Å². The predicted octanol–water partition coefficient (Wildman–Crippen LogP) is 7.27. The molecule has 0 aliphatic carbocycles. The number of ether oxygens (including phenoxy) is 2. The zero-order chi connectivity index (χ0) is 31.1. The average molecular weight is 607 g/mol. The molecule has 1 saturated heterocycles. The molecule has 0 radical (unpaired) electrons. The van der Waals surface area contributed by atoms with Crippen LogP contribution in [0.3, 0.4) is 0 Å². The first-order valence-electron chi connectivity index (χ1n) is 12.2. The van der Waals surface area contributed by atoms with Gasteiger partial charge in [0.15, 0.2) is 0 Å². The van der Waals surface area contributed by atoms with E-state index in [-0.39, 0.29) is 17.7 Å². The summed E-state index contributed by atoms with van der Waals surface area (Å²) in [6.07, 6.45) is -13.6. The third-order valence-corrected chi connectivity index (χ3v) is 6.44. The molecule has 3 aromatic rings. The predicted molar refractivity (Wildman–Crippen MR) is 130 cm³/mol. The Labute approximate surface area is 233 Å². The fourth-order valence-corrected chi connectivity index (χ4v) is 4.64. The number of nitrogens with zero attached hydrogens (tertiary/aromatic N) is 2. The quantitative estimate of drug-likeness (QED) is 0.287. The summed E-state index contributed by atoms with van der Waals surface area (Å²) >= 11 is 0. The Morgan fingerprint density at radius 3 is 2.00 bits per heavy atom. The molecule has 1 aromatic heterocycles. The van der Waals surface area contributed by atoms with Crippen LogP contribution < -0.4 is 19.7 Å². The molecule has 2 atom stereocenters. The monoisotopic (exact) mass is 607 g/mol.